The summed E-state index contributed by atoms with van der Waals surface area (Å²) in [6, 6.07) is 10.3. The van der Waals surface area contributed by atoms with Crippen LogP contribution < -0.4 is 0 Å². The van der Waals surface area contributed by atoms with Crippen molar-refractivity contribution in [2.24, 2.45) is 11.8 Å². The summed E-state index contributed by atoms with van der Waals surface area (Å²) in [4.78, 5) is 0. The van der Waals surface area contributed by atoms with Gasteiger partial charge in [0.2, 0.25) is 0 Å². The average Bonchev–Trinajstić information content (AvgIpc) is 2.50. The molecule has 0 bridgehead atoms. The smallest absolute Gasteiger partial charge is 0.163 e. The molecule has 1 aliphatic heterocycles. The summed E-state index contributed by atoms with van der Waals surface area (Å²) >= 11 is 0. The Morgan fingerprint density at radius 2 is 1.86 bits per heavy atom. The van der Waals surface area contributed by atoms with E-state index in [9.17, 15) is 0 Å². The fourth-order valence-electron chi connectivity index (χ4n) is 3.27. The van der Waals surface area contributed by atoms with Crippen LogP contribution in [-0.2, 0) is 20.8 Å². The van der Waals surface area contributed by atoms with Gasteiger partial charge in [-0.2, -0.15) is 0 Å². The van der Waals surface area contributed by atoms with Crippen molar-refractivity contribution in [3.05, 3.63) is 35.9 Å². The maximum Gasteiger partial charge on any atom is 0.163 e. The largest absolute Gasteiger partial charge is 0.376 e. The van der Waals surface area contributed by atoms with Crippen LogP contribution in [0.2, 0.25) is 0 Å². The van der Waals surface area contributed by atoms with E-state index in [1.807, 2.05) is 32.0 Å². The second-order valence-corrected chi connectivity index (χ2v) is 6.88. The Hall–Kier alpha value is -0.900. The highest BCUT2D eigenvalue weighted by atomic mass is 16.7. The molecule has 0 amide bonds. The van der Waals surface area contributed by atoms with Crippen LogP contribution in [0.1, 0.15) is 46.6 Å². The Balaban J connectivity index is 1.88. The third-order valence-electron chi connectivity index (χ3n) is 4.42. The standard InChI is InChI=1S/C19H30O3/c1-6-17-15(3)18(22-19(4,5)21-17)14(2)12-20-13-16-10-8-7-9-11-16/h7-11,14-15,17-18H,6,12-13H2,1-5H3/t14-,15+,17-,18-/m1/s1. The Morgan fingerprint density at radius 1 is 1.18 bits per heavy atom. The van der Waals surface area contributed by atoms with E-state index in [0.717, 1.165) is 6.42 Å². The second kappa shape index (κ2) is 7.58. The van der Waals surface area contributed by atoms with Crippen LogP contribution in [0.15, 0.2) is 30.3 Å². The van der Waals surface area contributed by atoms with Crippen molar-refractivity contribution in [3.8, 4) is 0 Å². The van der Waals surface area contributed by atoms with Crippen molar-refractivity contribution in [1.29, 1.82) is 0 Å². The first-order valence-electron chi connectivity index (χ1n) is 8.40. The molecule has 4 atom stereocenters. The summed E-state index contributed by atoms with van der Waals surface area (Å²) in [6.45, 7) is 12.0. The highest BCUT2D eigenvalue weighted by Crippen LogP contribution is 2.35. The maximum absolute atomic E-state index is 6.18. The van der Waals surface area contributed by atoms with Crippen molar-refractivity contribution in [3.63, 3.8) is 0 Å². The van der Waals surface area contributed by atoms with Crippen LogP contribution in [0.5, 0.6) is 0 Å². The number of benzene rings is 1. The molecular formula is C19H30O3. The van der Waals surface area contributed by atoms with Crippen LogP contribution >= 0.6 is 0 Å². The van der Waals surface area contributed by atoms with Crippen molar-refractivity contribution >= 4 is 0 Å². The first kappa shape index (κ1) is 17.5. The van der Waals surface area contributed by atoms with Gasteiger partial charge in [0.05, 0.1) is 25.4 Å². The minimum atomic E-state index is -0.508. The molecule has 1 saturated heterocycles. The SMILES string of the molecule is CC[C@H]1OC(C)(C)O[C@H]([C@H](C)COCc2ccccc2)[C@H]1C. The van der Waals surface area contributed by atoms with Crippen LogP contribution in [0.4, 0.5) is 0 Å². The number of ether oxygens (including phenoxy) is 3. The Kier molecular flexibility index (Phi) is 6.01. The fraction of sp³-hybridized carbons (Fsp3) is 0.684. The molecule has 1 aliphatic rings. The average molecular weight is 306 g/mol. The van der Waals surface area contributed by atoms with Gasteiger partial charge in [0.25, 0.3) is 0 Å². The topological polar surface area (TPSA) is 27.7 Å². The van der Waals surface area contributed by atoms with Gasteiger partial charge >= 0.3 is 0 Å². The van der Waals surface area contributed by atoms with Gasteiger partial charge in [0.1, 0.15) is 0 Å². The lowest BCUT2D eigenvalue weighted by molar-refractivity contribution is -0.328. The highest BCUT2D eigenvalue weighted by molar-refractivity contribution is 5.13. The predicted octanol–water partition coefficient (Wildman–Crippen LogP) is 4.41. The van der Waals surface area contributed by atoms with Crippen molar-refractivity contribution < 1.29 is 14.2 Å². The summed E-state index contributed by atoms with van der Waals surface area (Å²) in [5, 5.41) is 0. The van der Waals surface area contributed by atoms with E-state index in [0.29, 0.717) is 25.0 Å². The van der Waals surface area contributed by atoms with E-state index in [1.165, 1.54) is 5.56 Å². The van der Waals surface area contributed by atoms with Gasteiger partial charge in [-0.05, 0) is 25.8 Å². The van der Waals surface area contributed by atoms with Crippen LogP contribution in [-0.4, -0.2) is 24.6 Å². The molecule has 0 radical (unpaired) electrons. The number of hydrogen-bond donors (Lipinski definition) is 0. The van der Waals surface area contributed by atoms with Gasteiger partial charge in [-0.1, -0.05) is 51.1 Å². The van der Waals surface area contributed by atoms with E-state index < -0.39 is 5.79 Å². The molecular weight excluding hydrogens is 276 g/mol. The van der Waals surface area contributed by atoms with E-state index in [2.05, 4.69) is 32.9 Å². The van der Waals surface area contributed by atoms with E-state index in [1.54, 1.807) is 0 Å². The molecule has 1 fully saturated rings. The summed E-state index contributed by atoms with van der Waals surface area (Å²) in [6.07, 6.45) is 1.44. The van der Waals surface area contributed by atoms with Crippen LogP contribution in [0.3, 0.4) is 0 Å². The molecule has 0 N–H and O–H groups in total. The Morgan fingerprint density at radius 3 is 2.50 bits per heavy atom. The Bertz CT molecular complexity index is 443. The number of rotatable bonds is 6. The van der Waals surface area contributed by atoms with E-state index in [-0.39, 0.29) is 12.2 Å². The first-order valence-corrected chi connectivity index (χ1v) is 8.40. The highest BCUT2D eigenvalue weighted by Gasteiger charge is 2.42. The molecule has 0 aliphatic carbocycles. The van der Waals surface area contributed by atoms with Gasteiger partial charge < -0.3 is 14.2 Å². The number of hydrogen-bond acceptors (Lipinski definition) is 3. The fourth-order valence-corrected chi connectivity index (χ4v) is 3.27. The zero-order valence-electron chi connectivity index (χ0n) is 14.5. The maximum atomic E-state index is 6.18. The zero-order valence-corrected chi connectivity index (χ0v) is 14.5. The third kappa shape index (κ3) is 4.55. The lowest BCUT2D eigenvalue weighted by Gasteiger charge is -2.46. The molecule has 1 aromatic carbocycles. The van der Waals surface area contributed by atoms with Crippen LogP contribution in [0.25, 0.3) is 0 Å². The van der Waals surface area contributed by atoms with Gasteiger partial charge in [0, 0.05) is 11.8 Å². The third-order valence-corrected chi connectivity index (χ3v) is 4.42. The predicted molar refractivity (Wildman–Crippen MR) is 88.5 cm³/mol. The molecule has 2 rings (SSSR count). The summed E-state index contributed by atoms with van der Waals surface area (Å²) in [5.74, 6) is 0.218. The van der Waals surface area contributed by atoms with Crippen molar-refractivity contribution in [2.75, 3.05) is 6.61 Å². The van der Waals surface area contributed by atoms with Gasteiger partial charge in [0.15, 0.2) is 5.79 Å². The summed E-state index contributed by atoms with van der Waals surface area (Å²) in [5.41, 5.74) is 1.21. The lowest BCUT2D eigenvalue weighted by atomic mass is 9.86. The molecule has 1 aromatic rings. The minimum absolute atomic E-state index is 0.171. The van der Waals surface area contributed by atoms with E-state index >= 15 is 0 Å². The summed E-state index contributed by atoms with van der Waals surface area (Å²) in [7, 11) is 0. The minimum Gasteiger partial charge on any atom is -0.376 e. The van der Waals surface area contributed by atoms with Gasteiger partial charge in [-0.25, -0.2) is 0 Å². The molecule has 3 nitrogen and oxygen atoms in total. The van der Waals surface area contributed by atoms with Crippen molar-refractivity contribution in [2.45, 2.75) is 65.6 Å². The molecule has 1 heterocycles. The second-order valence-electron chi connectivity index (χ2n) is 6.88. The normalized spacial score (nSPS) is 29.2. The molecule has 0 aromatic heterocycles. The van der Waals surface area contributed by atoms with E-state index in [4.69, 9.17) is 14.2 Å². The molecule has 3 heteroatoms. The Labute approximate surface area is 135 Å². The zero-order chi connectivity index (χ0) is 16.2. The van der Waals surface area contributed by atoms with Crippen LogP contribution in [0, 0.1) is 11.8 Å². The van der Waals surface area contributed by atoms with Gasteiger partial charge in [-0.3, -0.25) is 0 Å². The van der Waals surface area contributed by atoms with Crippen molar-refractivity contribution in [1.82, 2.24) is 0 Å². The summed E-state index contributed by atoms with van der Waals surface area (Å²) < 4.78 is 18.1. The molecule has 0 unspecified atom stereocenters. The molecule has 0 spiro atoms. The molecule has 124 valence electrons. The monoisotopic (exact) mass is 306 g/mol. The molecule has 22 heavy (non-hydrogen) atoms. The first-order chi connectivity index (χ1) is 10.4. The van der Waals surface area contributed by atoms with Gasteiger partial charge in [-0.15, -0.1) is 0 Å². The quantitative estimate of drug-likeness (QED) is 0.779. The molecule has 0 saturated carbocycles. The lowest BCUT2D eigenvalue weighted by Crippen LogP contribution is -2.52.